The van der Waals surface area contributed by atoms with Gasteiger partial charge in [-0.05, 0) is 0 Å². The first kappa shape index (κ1) is 4.99. The Labute approximate surface area is 41.4 Å². The molecule has 4 nitrogen and oxygen atoms in total. The molecule has 0 aromatic carbocycles. The Morgan fingerprint density at radius 1 is 1.43 bits per heavy atom. The van der Waals surface area contributed by atoms with Crippen molar-refractivity contribution in [3.63, 3.8) is 0 Å². The van der Waals surface area contributed by atoms with E-state index >= 15 is 0 Å². The molecule has 1 aliphatic rings. The van der Waals surface area contributed by atoms with Gasteiger partial charge in [0.25, 0.3) is 6.35 Å². The molecule has 0 aliphatic carbocycles. The quantitative estimate of drug-likeness (QED) is 0.298. The largest absolute Gasteiger partial charge is 0.268 e. The molecule has 3 N–H and O–H groups in total. The fourth-order valence-corrected chi connectivity index (χ4v) is 0.479. The molecule has 1 heterocycles. The van der Waals surface area contributed by atoms with Crippen LogP contribution in [0.25, 0.3) is 0 Å². The van der Waals surface area contributed by atoms with Gasteiger partial charge in [-0.15, -0.1) is 0 Å². The first-order valence-corrected chi connectivity index (χ1v) is 2.09. The minimum Gasteiger partial charge on any atom is -0.268 e. The van der Waals surface area contributed by atoms with Gasteiger partial charge in [0.2, 0.25) is 0 Å². The van der Waals surface area contributed by atoms with Gasteiger partial charge < -0.3 is 0 Å². The Balaban J connectivity index is 2.14. The highest BCUT2D eigenvalue weighted by molar-refractivity contribution is 4.77. The number of nitrogens with one attached hydrogen (secondary N) is 2. The molecule has 0 aromatic rings. The zero-order chi connectivity index (χ0) is 5.11. The van der Waals surface area contributed by atoms with Crippen LogP contribution in [0, 0.1) is 6.35 Å². The first-order chi connectivity index (χ1) is 3.43. The van der Waals surface area contributed by atoms with Crippen LogP contribution in [-0.2, 0) is 4.89 Å². The van der Waals surface area contributed by atoms with Gasteiger partial charge in [0, 0.05) is 13.1 Å². The standard InChI is InChI=1S/C3H7N2O2/c6-7-3-4-1-2-5-3/h4-6H,1-2H2. The average molecular weight is 103 g/mol. The van der Waals surface area contributed by atoms with E-state index in [1.807, 2.05) is 0 Å². The van der Waals surface area contributed by atoms with Crippen molar-refractivity contribution in [2.24, 2.45) is 0 Å². The zero-order valence-electron chi connectivity index (χ0n) is 3.77. The molecule has 0 saturated carbocycles. The summed E-state index contributed by atoms with van der Waals surface area (Å²) in [5.41, 5.74) is 0. The maximum atomic E-state index is 7.90. The third-order valence-electron chi connectivity index (χ3n) is 0.787. The van der Waals surface area contributed by atoms with Gasteiger partial charge in [0.15, 0.2) is 0 Å². The Hall–Kier alpha value is -0.160. The van der Waals surface area contributed by atoms with Crippen molar-refractivity contribution in [2.75, 3.05) is 13.1 Å². The van der Waals surface area contributed by atoms with Crippen LogP contribution in [0.4, 0.5) is 0 Å². The average Bonchev–Trinajstić information content (AvgIpc) is 2.14. The van der Waals surface area contributed by atoms with Gasteiger partial charge in [-0.2, -0.15) is 4.89 Å². The predicted octanol–water partition coefficient (Wildman–Crippen LogP) is -0.884. The van der Waals surface area contributed by atoms with E-state index < -0.39 is 0 Å². The lowest BCUT2D eigenvalue weighted by atomic mass is 10.7. The molecule has 41 valence electrons. The summed E-state index contributed by atoms with van der Waals surface area (Å²) in [6.45, 7) is 1.63. The van der Waals surface area contributed by atoms with E-state index in [1.165, 1.54) is 0 Å². The molecule has 1 rings (SSSR count). The molecule has 0 aromatic heterocycles. The molecule has 0 amide bonds. The monoisotopic (exact) mass is 103 g/mol. The fourth-order valence-electron chi connectivity index (χ4n) is 0.479. The molecule has 1 saturated heterocycles. The molecule has 0 atom stereocenters. The van der Waals surface area contributed by atoms with Crippen LogP contribution in [0.5, 0.6) is 0 Å². The van der Waals surface area contributed by atoms with E-state index in [-0.39, 0.29) is 0 Å². The van der Waals surface area contributed by atoms with Crippen LogP contribution in [0.3, 0.4) is 0 Å². The summed E-state index contributed by atoms with van der Waals surface area (Å²) in [4.78, 5) is 3.81. The summed E-state index contributed by atoms with van der Waals surface area (Å²) in [7, 11) is 0. The van der Waals surface area contributed by atoms with Crippen LogP contribution >= 0.6 is 0 Å². The third kappa shape index (κ3) is 1.10. The SMILES string of the molecule is OO[C]1NCCN1. The molecule has 1 fully saturated rings. The number of hydrogen-bond donors (Lipinski definition) is 3. The molecule has 7 heavy (non-hydrogen) atoms. The van der Waals surface area contributed by atoms with E-state index in [9.17, 15) is 0 Å². The Kier molecular flexibility index (Phi) is 1.59. The second-order valence-electron chi connectivity index (χ2n) is 1.27. The van der Waals surface area contributed by atoms with Gasteiger partial charge in [-0.1, -0.05) is 0 Å². The minimum atomic E-state index is 0.347. The summed E-state index contributed by atoms with van der Waals surface area (Å²) in [6, 6.07) is 0. The van der Waals surface area contributed by atoms with E-state index in [0.29, 0.717) is 6.35 Å². The summed E-state index contributed by atoms with van der Waals surface area (Å²) < 4.78 is 0. The summed E-state index contributed by atoms with van der Waals surface area (Å²) in [5, 5.41) is 13.4. The van der Waals surface area contributed by atoms with Gasteiger partial charge in [-0.3, -0.25) is 10.6 Å². The predicted molar refractivity (Wildman–Crippen MR) is 23.0 cm³/mol. The molecule has 1 radical (unpaired) electrons. The molecule has 1 aliphatic heterocycles. The van der Waals surface area contributed by atoms with E-state index in [1.54, 1.807) is 0 Å². The maximum absolute atomic E-state index is 7.90. The van der Waals surface area contributed by atoms with Gasteiger partial charge in [0.1, 0.15) is 0 Å². The summed E-state index contributed by atoms with van der Waals surface area (Å²) in [6.07, 6.45) is 0.347. The Morgan fingerprint density at radius 2 is 2.00 bits per heavy atom. The van der Waals surface area contributed by atoms with Crippen molar-refractivity contribution >= 4 is 0 Å². The normalized spacial score (nSPS) is 23.6. The summed E-state index contributed by atoms with van der Waals surface area (Å²) in [5.74, 6) is 0. The zero-order valence-corrected chi connectivity index (χ0v) is 3.77. The van der Waals surface area contributed by atoms with Gasteiger partial charge in [-0.25, -0.2) is 5.26 Å². The van der Waals surface area contributed by atoms with Crippen LogP contribution in [0.1, 0.15) is 0 Å². The smallest absolute Gasteiger partial charge is 0.268 e. The lowest BCUT2D eigenvalue weighted by molar-refractivity contribution is -0.242. The molecule has 0 bridgehead atoms. The summed E-state index contributed by atoms with van der Waals surface area (Å²) >= 11 is 0. The van der Waals surface area contributed by atoms with Crippen molar-refractivity contribution in [3.8, 4) is 0 Å². The first-order valence-electron chi connectivity index (χ1n) is 2.09. The molecular weight excluding hydrogens is 96.0 g/mol. The fraction of sp³-hybridized carbons (Fsp3) is 0.667. The maximum Gasteiger partial charge on any atom is 0.268 e. The molecule has 4 heteroatoms. The lowest BCUT2D eigenvalue weighted by Gasteiger charge is -1.99. The topological polar surface area (TPSA) is 53.5 Å². The van der Waals surface area contributed by atoms with Crippen LogP contribution in [0.15, 0.2) is 0 Å². The van der Waals surface area contributed by atoms with Crippen molar-refractivity contribution in [1.82, 2.24) is 10.6 Å². The van der Waals surface area contributed by atoms with E-state index in [4.69, 9.17) is 5.26 Å². The Morgan fingerprint density at radius 3 is 2.29 bits per heavy atom. The van der Waals surface area contributed by atoms with Crippen molar-refractivity contribution in [1.29, 1.82) is 0 Å². The second kappa shape index (κ2) is 2.23. The van der Waals surface area contributed by atoms with Crippen LogP contribution in [0.2, 0.25) is 0 Å². The van der Waals surface area contributed by atoms with E-state index in [2.05, 4.69) is 15.5 Å². The number of hydrogen-bond acceptors (Lipinski definition) is 4. The van der Waals surface area contributed by atoms with Gasteiger partial charge in [0.05, 0.1) is 0 Å². The van der Waals surface area contributed by atoms with Crippen LogP contribution in [-0.4, -0.2) is 18.3 Å². The van der Waals surface area contributed by atoms with Gasteiger partial charge >= 0.3 is 0 Å². The van der Waals surface area contributed by atoms with Crippen molar-refractivity contribution < 1.29 is 10.1 Å². The highest BCUT2D eigenvalue weighted by atomic mass is 17.1. The molecular formula is C3H7N2O2. The number of rotatable bonds is 1. The van der Waals surface area contributed by atoms with Crippen molar-refractivity contribution in [3.05, 3.63) is 6.35 Å². The third-order valence-corrected chi connectivity index (χ3v) is 0.787. The highest BCUT2D eigenvalue weighted by Gasteiger charge is 2.13. The van der Waals surface area contributed by atoms with Crippen LogP contribution < -0.4 is 10.6 Å². The minimum absolute atomic E-state index is 0.347. The second-order valence-corrected chi connectivity index (χ2v) is 1.27. The van der Waals surface area contributed by atoms with E-state index in [0.717, 1.165) is 13.1 Å². The highest BCUT2D eigenvalue weighted by Crippen LogP contribution is 1.91. The molecule has 0 spiro atoms. The Bertz CT molecular complexity index is 52.9. The van der Waals surface area contributed by atoms with Crippen molar-refractivity contribution in [2.45, 2.75) is 0 Å². The molecule has 0 unspecified atom stereocenters. The lowest BCUT2D eigenvalue weighted by Crippen LogP contribution is -2.22.